The average Bonchev–Trinajstić information content (AvgIpc) is 2.60. The van der Waals surface area contributed by atoms with Crippen molar-refractivity contribution in [2.24, 2.45) is 12.5 Å². The lowest BCUT2D eigenvalue weighted by molar-refractivity contribution is -0.145. The highest BCUT2D eigenvalue weighted by molar-refractivity contribution is 5.76. The van der Waals surface area contributed by atoms with Crippen molar-refractivity contribution in [3.63, 3.8) is 0 Å². The smallest absolute Gasteiger partial charge is 0.313 e. The summed E-state index contributed by atoms with van der Waals surface area (Å²) in [6.45, 7) is 5.25. The van der Waals surface area contributed by atoms with Gasteiger partial charge in [0.2, 0.25) is 0 Å². The van der Waals surface area contributed by atoms with Gasteiger partial charge >= 0.3 is 5.97 Å². The van der Waals surface area contributed by atoms with Gasteiger partial charge in [-0.25, -0.2) is 0 Å². The maximum absolute atomic E-state index is 11.0. The monoisotopic (exact) mass is 208 g/mol. The summed E-state index contributed by atoms with van der Waals surface area (Å²) in [7, 11) is 1.84. The second kappa shape index (κ2) is 4.29. The fourth-order valence-corrected chi connectivity index (χ4v) is 1.30. The van der Waals surface area contributed by atoms with Crippen LogP contribution >= 0.6 is 0 Å². The third-order valence-corrected chi connectivity index (χ3v) is 2.63. The van der Waals surface area contributed by atoms with Crippen LogP contribution in [0.4, 0.5) is 0 Å². The Morgan fingerprint density at radius 1 is 1.80 bits per heavy atom. The van der Waals surface area contributed by atoms with Gasteiger partial charge in [-0.1, -0.05) is 6.08 Å². The molecule has 0 aliphatic rings. The third-order valence-electron chi connectivity index (χ3n) is 2.63. The molecule has 4 heteroatoms. The summed E-state index contributed by atoms with van der Waals surface area (Å²) >= 11 is 0. The molecule has 1 aromatic rings. The molecule has 4 nitrogen and oxygen atoms in total. The second-order valence-corrected chi connectivity index (χ2v) is 3.95. The highest BCUT2D eigenvalue weighted by Gasteiger charge is 2.28. The van der Waals surface area contributed by atoms with Gasteiger partial charge < -0.3 is 5.11 Å². The molecule has 0 amide bonds. The Kier molecular flexibility index (Phi) is 3.29. The van der Waals surface area contributed by atoms with Crippen molar-refractivity contribution < 1.29 is 9.90 Å². The lowest BCUT2D eigenvalue weighted by atomic mass is 9.85. The first-order valence-corrected chi connectivity index (χ1v) is 4.82. The Bertz CT molecular complexity index is 370. The largest absolute Gasteiger partial charge is 0.481 e. The molecule has 0 aliphatic carbocycles. The Hall–Kier alpha value is -1.58. The molecule has 0 bridgehead atoms. The number of nitrogens with zero attached hydrogens (tertiary/aromatic N) is 2. The van der Waals surface area contributed by atoms with E-state index in [4.69, 9.17) is 5.11 Å². The van der Waals surface area contributed by atoms with Crippen molar-refractivity contribution in [3.8, 4) is 0 Å². The molecule has 1 N–H and O–H groups in total. The molecular weight excluding hydrogens is 192 g/mol. The maximum Gasteiger partial charge on any atom is 0.313 e. The number of rotatable bonds is 5. The molecule has 82 valence electrons. The Morgan fingerprint density at radius 3 is 2.87 bits per heavy atom. The van der Waals surface area contributed by atoms with Crippen molar-refractivity contribution in [3.05, 3.63) is 30.6 Å². The molecule has 0 radical (unpaired) electrons. The zero-order chi connectivity index (χ0) is 11.5. The minimum absolute atomic E-state index is 0.539. The van der Waals surface area contributed by atoms with E-state index in [2.05, 4.69) is 11.7 Å². The van der Waals surface area contributed by atoms with Gasteiger partial charge in [-0.05, 0) is 25.3 Å². The Morgan fingerprint density at radius 2 is 2.47 bits per heavy atom. The van der Waals surface area contributed by atoms with E-state index in [1.54, 1.807) is 17.8 Å². The van der Waals surface area contributed by atoms with Crippen molar-refractivity contribution in [1.82, 2.24) is 9.78 Å². The zero-order valence-electron chi connectivity index (χ0n) is 9.10. The van der Waals surface area contributed by atoms with Crippen LogP contribution < -0.4 is 0 Å². The molecule has 1 heterocycles. The van der Waals surface area contributed by atoms with Crippen molar-refractivity contribution in [1.29, 1.82) is 0 Å². The normalized spacial score (nSPS) is 14.5. The van der Waals surface area contributed by atoms with Gasteiger partial charge in [-0.2, -0.15) is 5.10 Å². The first kappa shape index (κ1) is 11.5. The van der Waals surface area contributed by atoms with Gasteiger partial charge in [-0.3, -0.25) is 9.48 Å². The van der Waals surface area contributed by atoms with Gasteiger partial charge in [0.15, 0.2) is 0 Å². The van der Waals surface area contributed by atoms with Gasteiger partial charge in [0, 0.05) is 13.2 Å². The van der Waals surface area contributed by atoms with Crippen molar-refractivity contribution in [2.75, 3.05) is 0 Å². The fourth-order valence-electron chi connectivity index (χ4n) is 1.30. The summed E-state index contributed by atoms with van der Waals surface area (Å²) in [6, 6.07) is 0. The summed E-state index contributed by atoms with van der Waals surface area (Å²) in [5.74, 6) is -0.832. The average molecular weight is 208 g/mol. The number of hydrogen-bond donors (Lipinski definition) is 1. The molecule has 0 aliphatic heterocycles. The van der Waals surface area contributed by atoms with Crippen LogP contribution in [-0.2, 0) is 18.3 Å². The standard InChI is InChI=1S/C11H16N2O2/c1-4-11(2,10(14)15)6-5-9-7-12-13(3)8-9/h4,7-8H,1,5-6H2,2-3H3,(H,14,15). The van der Waals surface area contributed by atoms with E-state index in [1.807, 2.05) is 13.2 Å². The van der Waals surface area contributed by atoms with E-state index >= 15 is 0 Å². The minimum Gasteiger partial charge on any atom is -0.481 e. The first-order valence-electron chi connectivity index (χ1n) is 4.82. The molecule has 1 rings (SSSR count). The number of carboxylic acid groups (broad SMARTS) is 1. The molecule has 0 saturated heterocycles. The maximum atomic E-state index is 11.0. The SMILES string of the molecule is C=CC(C)(CCc1cnn(C)c1)C(=O)O. The van der Waals surface area contributed by atoms with Crippen LogP contribution in [0, 0.1) is 5.41 Å². The zero-order valence-corrected chi connectivity index (χ0v) is 9.10. The molecule has 0 saturated carbocycles. The minimum atomic E-state index is -0.851. The highest BCUT2D eigenvalue weighted by Crippen LogP contribution is 2.25. The summed E-state index contributed by atoms with van der Waals surface area (Å²) in [5.41, 5.74) is 0.197. The van der Waals surface area contributed by atoms with Crippen LogP contribution in [-0.4, -0.2) is 20.9 Å². The number of hydrogen-bond acceptors (Lipinski definition) is 2. The Labute approximate surface area is 89.2 Å². The van der Waals surface area contributed by atoms with E-state index in [0.717, 1.165) is 5.56 Å². The van der Waals surface area contributed by atoms with Gasteiger partial charge in [0.25, 0.3) is 0 Å². The predicted octanol–water partition coefficient (Wildman–Crippen LogP) is 1.63. The quantitative estimate of drug-likeness (QED) is 0.748. The van der Waals surface area contributed by atoms with Crippen LogP contribution in [0.25, 0.3) is 0 Å². The van der Waals surface area contributed by atoms with E-state index in [-0.39, 0.29) is 0 Å². The van der Waals surface area contributed by atoms with E-state index < -0.39 is 11.4 Å². The third kappa shape index (κ3) is 2.68. The predicted molar refractivity (Wildman–Crippen MR) is 57.5 cm³/mol. The molecule has 15 heavy (non-hydrogen) atoms. The van der Waals surface area contributed by atoms with Crippen LogP contribution in [0.5, 0.6) is 0 Å². The molecule has 0 spiro atoms. The number of aromatic nitrogens is 2. The van der Waals surface area contributed by atoms with Crippen LogP contribution in [0.2, 0.25) is 0 Å². The summed E-state index contributed by atoms with van der Waals surface area (Å²) in [4.78, 5) is 11.0. The summed E-state index contributed by atoms with van der Waals surface area (Å²) in [5, 5.41) is 13.1. The molecule has 1 unspecified atom stereocenters. The highest BCUT2D eigenvalue weighted by atomic mass is 16.4. The Balaban J connectivity index is 2.62. The number of carbonyl (C=O) groups is 1. The number of carboxylic acids is 1. The van der Waals surface area contributed by atoms with Crippen molar-refractivity contribution in [2.45, 2.75) is 19.8 Å². The first-order chi connectivity index (χ1) is 6.98. The summed E-state index contributed by atoms with van der Waals surface area (Å²) in [6.07, 6.45) is 6.38. The lowest BCUT2D eigenvalue weighted by Gasteiger charge is -2.19. The molecule has 0 aromatic carbocycles. The van der Waals surface area contributed by atoms with E-state index in [9.17, 15) is 4.79 Å². The van der Waals surface area contributed by atoms with Crippen LogP contribution in [0.3, 0.4) is 0 Å². The van der Waals surface area contributed by atoms with Gasteiger partial charge in [0.05, 0.1) is 11.6 Å². The van der Waals surface area contributed by atoms with E-state index in [0.29, 0.717) is 12.8 Å². The topological polar surface area (TPSA) is 55.1 Å². The number of aliphatic carboxylic acids is 1. The fraction of sp³-hybridized carbons (Fsp3) is 0.455. The molecule has 0 fully saturated rings. The second-order valence-electron chi connectivity index (χ2n) is 3.95. The van der Waals surface area contributed by atoms with Crippen molar-refractivity contribution >= 4 is 5.97 Å². The molecular formula is C11H16N2O2. The number of aryl methyl sites for hydroxylation is 2. The van der Waals surface area contributed by atoms with Crippen LogP contribution in [0.15, 0.2) is 25.0 Å². The van der Waals surface area contributed by atoms with Gasteiger partial charge in [0.1, 0.15) is 0 Å². The lowest BCUT2D eigenvalue weighted by Crippen LogP contribution is -2.25. The van der Waals surface area contributed by atoms with E-state index in [1.165, 1.54) is 6.08 Å². The summed E-state index contributed by atoms with van der Waals surface area (Å²) < 4.78 is 1.71. The van der Waals surface area contributed by atoms with Crippen LogP contribution in [0.1, 0.15) is 18.9 Å². The molecule has 1 aromatic heterocycles. The molecule has 1 atom stereocenters. The van der Waals surface area contributed by atoms with Gasteiger partial charge in [-0.15, -0.1) is 6.58 Å².